The van der Waals surface area contributed by atoms with E-state index in [1.807, 2.05) is 13.8 Å². The Hall–Kier alpha value is -3.19. The zero-order valence-electron chi connectivity index (χ0n) is 16.8. The second-order valence-corrected chi connectivity index (χ2v) is 7.90. The first-order chi connectivity index (χ1) is 14.2. The van der Waals surface area contributed by atoms with Gasteiger partial charge in [-0.3, -0.25) is 19.3 Å². The first kappa shape index (κ1) is 21.5. The van der Waals surface area contributed by atoms with E-state index in [0.29, 0.717) is 17.3 Å². The molecule has 8 heteroatoms. The van der Waals surface area contributed by atoms with Crippen LogP contribution in [-0.4, -0.2) is 41.7 Å². The van der Waals surface area contributed by atoms with E-state index in [2.05, 4.69) is 5.32 Å². The van der Waals surface area contributed by atoms with Crippen LogP contribution >= 0.6 is 11.6 Å². The van der Waals surface area contributed by atoms with Crippen LogP contribution in [0.2, 0.25) is 5.02 Å². The summed E-state index contributed by atoms with van der Waals surface area (Å²) in [7, 11) is 0. The summed E-state index contributed by atoms with van der Waals surface area (Å²) < 4.78 is 5.05. The van der Waals surface area contributed by atoms with Crippen LogP contribution in [-0.2, 0) is 9.53 Å². The number of carbonyl (C=O) groups excluding carboxylic acids is 4. The number of hydrogen-bond acceptors (Lipinski definition) is 5. The lowest BCUT2D eigenvalue weighted by Crippen LogP contribution is -2.33. The van der Waals surface area contributed by atoms with E-state index in [0.717, 1.165) is 5.56 Å². The van der Waals surface area contributed by atoms with E-state index in [1.165, 1.54) is 23.1 Å². The van der Waals surface area contributed by atoms with E-state index in [9.17, 15) is 19.2 Å². The Morgan fingerprint density at radius 3 is 2.43 bits per heavy atom. The molecule has 3 rings (SSSR count). The lowest BCUT2D eigenvalue weighted by molar-refractivity contribution is -0.119. The Balaban J connectivity index is 1.64. The average Bonchev–Trinajstić information content (AvgIpc) is 2.92. The number of ether oxygens (including phenoxy) is 1. The Bertz CT molecular complexity index is 1050. The number of carbonyl (C=O) groups is 4. The summed E-state index contributed by atoms with van der Waals surface area (Å²) in [5.74, 6) is -1.96. The lowest BCUT2D eigenvalue weighted by Gasteiger charge is -2.15. The molecular formula is C22H21ClN2O5. The van der Waals surface area contributed by atoms with Crippen LogP contribution in [0.25, 0.3) is 0 Å². The molecule has 30 heavy (non-hydrogen) atoms. The van der Waals surface area contributed by atoms with Crippen molar-refractivity contribution < 1.29 is 23.9 Å². The van der Waals surface area contributed by atoms with Gasteiger partial charge >= 0.3 is 5.97 Å². The van der Waals surface area contributed by atoms with Gasteiger partial charge in [-0.25, -0.2) is 4.79 Å². The second-order valence-electron chi connectivity index (χ2n) is 7.46. The molecule has 1 aliphatic heterocycles. The molecule has 3 amide bonds. The standard InChI is InChI=1S/C22H21ClN2O5/c1-12(2)10-25-20(27)16-6-4-14(9-17(16)21(25)28)22(29)30-11-19(26)24-18-7-5-15(23)8-13(18)3/h4-9,12H,10-11H2,1-3H3,(H,24,26). The summed E-state index contributed by atoms with van der Waals surface area (Å²) in [6, 6.07) is 9.18. The Morgan fingerprint density at radius 2 is 1.77 bits per heavy atom. The van der Waals surface area contributed by atoms with Gasteiger partial charge in [-0.15, -0.1) is 0 Å². The summed E-state index contributed by atoms with van der Waals surface area (Å²) in [5.41, 5.74) is 1.85. The molecule has 1 aliphatic rings. The number of fused-ring (bicyclic) bond motifs is 1. The van der Waals surface area contributed by atoms with E-state index < -0.39 is 24.4 Å². The number of rotatable bonds is 6. The van der Waals surface area contributed by atoms with Gasteiger partial charge in [0.25, 0.3) is 17.7 Å². The minimum Gasteiger partial charge on any atom is -0.452 e. The number of benzene rings is 2. The number of amides is 3. The lowest BCUT2D eigenvalue weighted by atomic mass is 10.1. The predicted molar refractivity (Wildman–Crippen MR) is 112 cm³/mol. The third kappa shape index (κ3) is 4.52. The molecule has 0 aliphatic carbocycles. The highest BCUT2D eigenvalue weighted by Crippen LogP contribution is 2.25. The van der Waals surface area contributed by atoms with Crippen molar-refractivity contribution in [3.8, 4) is 0 Å². The van der Waals surface area contributed by atoms with E-state index in [-0.39, 0.29) is 28.5 Å². The molecule has 1 heterocycles. The Morgan fingerprint density at radius 1 is 1.07 bits per heavy atom. The first-order valence-corrected chi connectivity index (χ1v) is 9.78. The maximum absolute atomic E-state index is 12.5. The SMILES string of the molecule is Cc1cc(Cl)ccc1NC(=O)COC(=O)c1ccc2c(c1)C(=O)N(CC(C)C)C2=O. The van der Waals surface area contributed by atoms with Crippen molar-refractivity contribution in [1.82, 2.24) is 4.90 Å². The number of esters is 1. The number of anilines is 1. The maximum atomic E-state index is 12.5. The number of halogens is 1. The monoisotopic (exact) mass is 428 g/mol. The van der Waals surface area contributed by atoms with Crippen LogP contribution in [0.5, 0.6) is 0 Å². The van der Waals surface area contributed by atoms with E-state index in [1.54, 1.807) is 25.1 Å². The van der Waals surface area contributed by atoms with Crippen LogP contribution in [0, 0.1) is 12.8 Å². The molecule has 156 valence electrons. The third-order valence-electron chi connectivity index (χ3n) is 4.55. The smallest absolute Gasteiger partial charge is 0.338 e. The van der Waals surface area contributed by atoms with Crippen molar-refractivity contribution in [2.24, 2.45) is 5.92 Å². The summed E-state index contributed by atoms with van der Waals surface area (Å²) >= 11 is 5.89. The highest BCUT2D eigenvalue weighted by atomic mass is 35.5. The van der Waals surface area contributed by atoms with Gasteiger partial charge in [-0.1, -0.05) is 25.4 Å². The number of nitrogens with zero attached hydrogens (tertiary/aromatic N) is 1. The molecule has 0 saturated heterocycles. The van der Waals surface area contributed by atoms with Gasteiger partial charge < -0.3 is 10.1 Å². The molecular weight excluding hydrogens is 408 g/mol. The summed E-state index contributed by atoms with van der Waals surface area (Å²) in [6.45, 7) is 5.41. The predicted octanol–water partition coefficient (Wildman–Crippen LogP) is 3.70. The number of imide groups is 1. The normalized spacial score (nSPS) is 12.9. The topological polar surface area (TPSA) is 92.8 Å². The van der Waals surface area contributed by atoms with Gasteiger partial charge in [0, 0.05) is 17.3 Å². The average molecular weight is 429 g/mol. The van der Waals surface area contributed by atoms with Crippen LogP contribution in [0.1, 0.15) is 50.5 Å². The maximum Gasteiger partial charge on any atom is 0.338 e. The minimum absolute atomic E-state index is 0.0942. The van der Waals surface area contributed by atoms with Crippen LogP contribution in [0.15, 0.2) is 36.4 Å². The summed E-state index contributed by atoms with van der Waals surface area (Å²) in [5, 5.41) is 3.19. The fraction of sp³-hybridized carbons (Fsp3) is 0.273. The summed E-state index contributed by atoms with van der Waals surface area (Å²) in [6.07, 6.45) is 0. The molecule has 2 aromatic rings. The zero-order valence-corrected chi connectivity index (χ0v) is 17.6. The molecule has 0 aromatic heterocycles. The minimum atomic E-state index is -0.761. The van der Waals surface area contributed by atoms with Crippen LogP contribution in [0.4, 0.5) is 5.69 Å². The molecule has 2 aromatic carbocycles. The second kappa shape index (κ2) is 8.67. The molecule has 0 bridgehead atoms. The van der Waals surface area contributed by atoms with Gasteiger partial charge in [0.15, 0.2) is 6.61 Å². The number of nitrogens with one attached hydrogen (secondary N) is 1. The quantitative estimate of drug-likeness (QED) is 0.559. The summed E-state index contributed by atoms with van der Waals surface area (Å²) in [4.78, 5) is 50.5. The first-order valence-electron chi connectivity index (χ1n) is 9.40. The Labute approximate surface area is 179 Å². The van der Waals surface area contributed by atoms with Gasteiger partial charge in [0.2, 0.25) is 0 Å². The number of aryl methyl sites for hydroxylation is 1. The highest BCUT2D eigenvalue weighted by Gasteiger charge is 2.36. The van der Waals surface area contributed by atoms with Crippen molar-refractivity contribution in [3.63, 3.8) is 0 Å². The molecule has 0 unspecified atom stereocenters. The molecule has 1 N–H and O–H groups in total. The Kier molecular flexibility index (Phi) is 6.22. The zero-order chi connectivity index (χ0) is 22.0. The fourth-order valence-corrected chi connectivity index (χ4v) is 3.34. The largest absolute Gasteiger partial charge is 0.452 e. The molecule has 0 radical (unpaired) electrons. The molecule has 0 atom stereocenters. The van der Waals surface area contributed by atoms with E-state index in [4.69, 9.17) is 16.3 Å². The number of hydrogen-bond donors (Lipinski definition) is 1. The van der Waals surface area contributed by atoms with Crippen LogP contribution in [0.3, 0.4) is 0 Å². The van der Waals surface area contributed by atoms with Gasteiger partial charge in [0.05, 0.1) is 16.7 Å². The third-order valence-corrected chi connectivity index (χ3v) is 4.79. The fourth-order valence-electron chi connectivity index (χ4n) is 3.12. The molecule has 7 nitrogen and oxygen atoms in total. The molecule has 0 fully saturated rings. The molecule has 0 saturated carbocycles. The van der Waals surface area contributed by atoms with Crippen molar-refractivity contribution in [2.45, 2.75) is 20.8 Å². The van der Waals surface area contributed by atoms with Gasteiger partial charge in [-0.05, 0) is 54.8 Å². The van der Waals surface area contributed by atoms with Crippen molar-refractivity contribution >= 4 is 41.0 Å². The van der Waals surface area contributed by atoms with Crippen LogP contribution < -0.4 is 5.32 Å². The van der Waals surface area contributed by atoms with Crippen molar-refractivity contribution in [3.05, 3.63) is 63.7 Å². The van der Waals surface area contributed by atoms with Gasteiger partial charge in [0.1, 0.15) is 0 Å². The molecule has 0 spiro atoms. The van der Waals surface area contributed by atoms with Crippen molar-refractivity contribution in [1.29, 1.82) is 0 Å². The van der Waals surface area contributed by atoms with E-state index >= 15 is 0 Å². The highest BCUT2D eigenvalue weighted by molar-refractivity contribution is 6.30. The van der Waals surface area contributed by atoms with Gasteiger partial charge in [-0.2, -0.15) is 0 Å². The van der Waals surface area contributed by atoms with Crippen molar-refractivity contribution in [2.75, 3.05) is 18.5 Å².